The minimum atomic E-state index is -4.74. The third-order valence-corrected chi connectivity index (χ3v) is 5.33. The van der Waals surface area contributed by atoms with Gasteiger partial charge in [-0.15, -0.1) is 0 Å². The van der Waals surface area contributed by atoms with Crippen LogP contribution in [-0.4, -0.2) is 16.5 Å². The highest BCUT2D eigenvalue weighted by molar-refractivity contribution is 6.33. The summed E-state index contributed by atoms with van der Waals surface area (Å²) in [4.78, 5) is 23.2. The molecule has 35 heavy (non-hydrogen) atoms. The Balaban J connectivity index is 1.60. The average Bonchev–Trinajstić information content (AvgIpc) is 3.09. The fourth-order valence-electron chi connectivity index (χ4n) is 3.33. The van der Waals surface area contributed by atoms with E-state index in [1.807, 2.05) is 6.07 Å². The number of halogens is 4. The summed E-state index contributed by atoms with van der Waals surface area (Å²) in [7, 11) is 0. The molecular formula is C24H15ClF3N3O4. The largest absolute Gasteiger partial charge is 0.449 e. The van der Waals surface area contributed by atoms with Gasteiger partial charge in [0.15, 0.2) is 0 Å². The summed E-state index contributed by atoms with van der Waals surface area (Å²) in [5, 5.41) is 16.9. The number of hydrogen-bond donors (Lipinski definition) is 0. The first-order chi connectivity index (χ1) is 16.5. The molecule has 0 atom stereocenters. The summed E-state index contributed by atoms with van der Waals surface area (Å²) < 4.78 is 44.2. The van der Waals surface area contributed by atoms with Crippen molar-refractivity contribution in [1.82, 2.24) is 0 Å². The minimum Gasteiger partial charge on any atom is -0.449 e. The van der Waals surface area contributed by atoms with Crippen LogP contribution >= 0.6 is 11.6 Å². The normalized spacial score (nSPS) is 14.9. The van der Waals surface area contributed by atoms with Crippen molar-refractivity contribution < 1.29 is 27.6 Å². The molecule has 11 heteroatoms. The van der Waals surface area contributed by atoms with E-state index in [9.17, 15) is 28.1 Å². The lowest BCUT2D eigenvalue weighted by molar-refractivity contribution is -0.385. The molecule has 0 saturated carbocycles. The molecular weight excluding hydrogens is 487 g/mol. The van der Waals surface area contributed by atoms with Crippen LogP contribution in [0.4, 0.5) is 24.5 Å². The number of nitro groups is 1. The lowest BCUT2D eigenvalue weighted by Gasteiger charge is -2.12. The van der Waals surface area contributed by atoms with Crippen LogP contribution in [0.25, 0.3) is 6.08 Å². The Hall–Kier alpha value is -4.18. The quantitative estimate of drug-likeness (QED) is 0.217. The molecule has 0 saturated heterocycles. The van der Waals surface area contributed by atoms with Gasteiger partial charge in [0.1, 0.15) is 5.75 Å². The van der Waals surface area contributed by atoms with Crippen LogP contribution in [0.15, 0.2) is 77.4 Å². The van der Waals surface area contributed by atoms with Crippen molar-refractivity contribution in [3.63, 3.8) is 0 Å². The second kappa shape index (κ2) is 9.22. The number of alkyl halides is 3. The molecule has 0 N–H and O–H groups in total. The maximum atomic E-state index is 12.9. The molecule has 0 aromatic heterocycles. The van der Waals surface area contributed by atoms with Crippen molar-refractivity contribution in [3.05, 3.63) is 98.6 Å². The molecule has 0 unspecified atom stereocenters. The van der Waals surface area contributed by atoms with Gasteiger partial charge < -0.3 is 4.74 Å². The lowest BCUT2D eigenvalue weighted by atomic mass is 10.1. The third kappa shape index (κ3) is 5.02. The molecule has 0 spiro atoms. The van der Waals surface area contributed by atoms with Gasteiger partial charge in [0.2, 0.25) is 5.75 Å². The Labute approximate surface area is 201 Å². The molecule has 1 aliphatic rings. The van der Waals surface area contributed by atoms with E-state index < -0.39 is 28.1 Å². The number of benzene rings is 3. The van der Waals surface area contributed by atoms with Gasteiger partial charge in [-0.3, -0.25) is 14.9 Å². The summed E-state index contributed by atoms with van der Waals surface area (Å²) in [6.45, 7) is 1.69. The van der Waals surface area contributed by atoms with Crippen LogP contribution in [0, 0.1) is 10.1 Å². The molecule has 178 valence electrons. The maximum absolute atomic E-state index is 12.9. The number of hydrazone groups is 1. The number of nitro benzene ring substituents is 1. The molecule has 3 aromatic rings. The highest BCUT2D eigenvalue weighted by atomic mass is 35.5. The number of anilines is 1. The van der Waals surface area contributed by atoms with Crippen molar-refractivity contribution in [2.75, 3.05) is 5.01 Å². The first-order valence-corrected chi connectivity index (χ1v) is 10.4. The SMILES string of the molecule is CC1=NN(c2ccccc2)C(=O)/C1=C/c1ccc(Oc2ccc(C(F)(F)F)cc2[N+](=O)[O-])c(Cl)c1. The van der Waals surface area contributed by atoms with Crippen molar-refractivity contribution in [3.8, 4) is 11.5 Å². The lowest BCUT2D eigenvalue weighted by Crippen LogP contribution is -2.21. The molecule has 0 aliphatic carbocycles. The number of nitrogens with zero attached hydrogens (tertiary/aromatic N) is 3. The van der Waals surface area contributed by atoms with Crippen molar-refractivity contribution >= 4 is 40.7 Å². The molecule has 0 fully saturated rings. The highest BCUT2D eigenvalue weighted by Gasteiger charge is 2.33. The third-order valence-electron chi connectivity index (χ3n) is 5.03. The van der Waals surface area contributed by atoms with E-state index in [4.69, 9.17) is 16.3 Å². The summed E-state index contributed by atoms with van der Waals surface area (Å²) in [5.74, 6) is -0.736. The number of rotatable bonds is 5. The highest BCUT2D eigenvalue weighted by Crippen LogP contribution is 2.39. The predicted molar refractivity (Wildman–Crippen MR) is 125 cm³/mol. The van der Waals surface area contributed by atoms with Crippen LogP contribution in [0.3, 0.4) is 0 Å². The number of ether oxygens (including phenoxy) is 1. The van der Waals surface area contributed by atoms with E-state index in [1.165, 1.54) is 17.1 Å². The minimum absolute atomic E-state index is 0.00859. The Morgan fingerprint density at radius 1 is 1.06 bits per heavy atom. The van der Waals surface area contributed by atoms with E-state index in [-0.39, 0.29) is 16.7 Å². The first kappa shape index (κ1) is 24.0. The number of carbonyl (C=O) groups is 1. The average molecular weight is 502 g/mol. The molecule has 1 aliphatic heterocycles. The monoisotopic (exact) mass is 501 g/mol. The molecule has 0 radical (unpaired) electrons. The van der Waals surface area contributed by atoms with Crippen LogP contribution < -0.4 is 9.75 Å². The second-order valence-electron chi connectivity index (χ2n) is 7.43. The predicted octanol–water partition coefficient (Wildman–Crippen LogP) is 6.87. The zero-order valence-electron chi connectivity index (χ0n) is 17.9. The topological polar surface area (TPSA) is 85.0 Å². The number of para-hydroxylation sites is 1. The molecule has 1 heterocycles. The Morgan fingerprint density at radius 2 is 1.74 bits per heavy atom. The van der Waals surface area contributed by atoms with Gasteiger partial charge in [-0.25, -0.2) is 0 Å². The second-order valence-corrected chi connectivity index (χ2v) is 7.83. The Kier molecular flexibility index (Phi) is 6.31. The van der Waals surface area contributed by atoms with Crippen molar-refractivity contribution in [1.29, 1.82) is 0 Å². The van der Waals surface area contributed by atoms with Gasteiger partial charge in [-0.2, -0.15) is 23.3 Å². The van der Waals surface area contributed by atoms with E-state index in [1.54, 1.807) is 43.3 Å². The van der Waals surface area contributed by atoms with Gasteiger partial charge in [0.05, 0.1) is 32.5 Å². The smallest absolute Gasteiger partial charge is 0.416 e. The van der Waals surface area contributed by atoms with Crippen LogP contribution in [0.5, 0.6) is 11.5 Å². The zero-order chi connectivity index (χ0) is 25.3. The molecule has 3 aromatic carbocycles. The molecule has 4 rings (SSSR count). The van der Waals surface area contributed by atoms with E-state index >= 15 is 0 Å². The number of carbonyl (C=O) groups excluding carboxylic acids is 1. The van der Waals surface area contributed by atoms with Crippen LogP contribution in [0.2, 0.25) is 5.02 Å². The van der Waals surface area contributed by atoms with E-state index in [0.717, 1.165) is 6.07 Å². The van der Waals surface area contributed by atoms with Gasteiger partial charge in [0.25, 0.3) is 5.91 Å². The number of amides is 1. The van der Waals surface area contributed by atoms with Crippen molar-refractivity contribution in [2.24, 2.45) is 5.10 Å². The van der Waals surface area contributed by atoms with Gasteiger partial charge in [0, 0.05) is 6.07 Å². The van der Waals surface area contributed by atoms with E-state index in [2.05, 4.69) is 5.10 Å². The molecule has 1 amide bonds. The molecule has 0 bridgehead atoms. The number of hydrogen-bond acceptors (Lipinski definition) is 5. The van der Waals surface area contributed by atoms with Crippen LogP contribution in [-0.2, 0) is 11.0 Å². The zero-order valence-corrected chi connectivity index (χ0v) is 18.7. The Bertz CT molecular complexity index is 1390. The summed E-state index contributed by atoms with van der Waals surface area (Å²) in [6.07, 6.45) is -3.16. The summed E-state index contributed by atoms with van der Waals surface area (Å²) >= 11 is 6.27. The van der Waals surface area contributed by atoms with Gasteiger partial charge in [-0.1, -0.05) is 35.9 Å². The van der Waals surface area contributed by atoms with Gasteiger partial charge >= 0.3 is 11.9 Å². The van der Waals surface area contributed by atoms with Gasteiger partial charge in [-0.05, 0) is 55.0 Å². The first-order valence-electron chi connectivity index (χ1n) is 10.0. The van der Waals surface area contributed by atoms with E-state index in [0.29, 0.717) is 34.7 Å². The summed E-state index contributed by atoms with van der Waals surface area (Å²) in [5.41, 5.74) is -0.0520. The van der Waals surface area contributed by atoms with Crippen molar-refractivity contribution in [2.45, 2.75) is 13.1 Å². The fourth-order valence-corrected chi connectivity index (χ4v) is 3.55. The molecule has 7 nitrogen and oxygen atoms in total. The fraction of sp³-hybridized carbons (Fsp3) is 0.0833. The Morgan fingerprint density at radius 3 is 2.37 bits per heavy atom. The van der Waals surface area contributed by atoms with Crippen LogP contribution in [0.1, 0.15) is 18.1 Å². The standard InChI is InChI=1S/C24H15ClF3N3O4/c1-14-18(23(32)30(29-14)17-5-3-2-4-6-17)11-15-7-9-21(19(25)12-15)35-22-10-8-16(24(26,27)28)13-20(22)31(33)34/h2-13H,1H3/b18-11+. The maximum Gasteiger partial charge on any atom is 0.416 e. The summed E-state index contributed by atoms with van der Waals surface area (Å²) in [6, 6.07) is 15.3.